The van der Waals surface area contributed by atoms with Gasteiger partial charge in [-0.3, -0.25) is 0 Å². The predicted octanol–water partition coefficient (Wildman–Crippen LogP) is 4.90. The number of hydrogen-bond donors (Lipinski definition) is 4. The minimum atomic E-state index is -1.43. The van der Waals surface area contributed by atoms with Gasteiger partial charge in [0.2, 0.25) is 0 Å². The molecule has 6 heteroatoms. The highest BCUT2D eigenvalue weighted by Crippen LogP contribution is 2.36. The van der Waals surface area contributed by atoms with Crippen LogP contribution in [0.2, 0.25) is 0 Å². The number of unbranched alkanes of at least 4 members (excludes halogenated alkanes) is 13. The molecule has 1 aliphatic rings. The zero-order valence-corrected chi connectivity index (χ0v) is 21.0. The van der Waals surface area contributed by atoms with Crippen molar-refractivity contribution in [2.24, 2.45) is 0 Å². The molecule has 0 bridgehead atoms. The van der Waals surface area contributed by atoms with Crippen LogP contribution < -0.4 is 4.74 Å². The van der Waals surface area contributed by atoms with E-state index in [-0.39, 0.29) is 6.10 Å². The van der Waals surface area contributed by atoms with Gasteiger partial charge in [-0.05, 0) is 12.5 Å². The van der Waals surface area contributed by atoms with Crippen molar-refractivity contribution in [2.45, 2.75) is 121 Å². The molecule has 195 valence electrons. The predicted molar refractivity (Wildman–Crippen MR) is 135 cm³/mol. The van der Waals surface area contributed by atoms with E-state index in [1.54, 1.807) is 18.2 Å². The quantitative estimate of drug-likeness (QED) is 0.224. The maximum absolute atomic E-state index is 10.4. The molecule has 0 amide bonds. The number of hydrogen-bond acceptors (Lipinski definition) is 6. The molecule has 1 aromatic rings. The van der Waals surface area contributed by atoms with Crippen LogP contribution in [0.5, 0.6) is 5.75 Å². The van der Waals surface area contributed by atoms with Crippen LogP contribution in [0.4, 0.5) is 0 Å². The zero-order chi connectivity index (χ0) is 24.6. The lowest BCUT2D eigenvalue weighted by atomic mass is 9.91. The van der Waals surface area contributed by atoms with E-state index in [4.69, 9.17) is 9.47 Å². The lowest BCUT2D eigenvalue weighted by Crippen LogP contribution is -2.55. The van der Waals surface area contributed by atoms with E-state index in [0.717, 1.165) is 12.8 Å². The molecule has 1 heterocycles. The van der Waals surface area contributed by atoms with Gasteiger partial charge in [-0.25, -0.2) is 0 Å². The van der Waals surface area contributed by atoms with Gasteiger partial charge < -0.3 is 29.9 Å². The summed E-state index contributed by atoms with van der Waals surface area (Å²) >= 11 is 0. The highest BCUT2D eigenvalue weighted by Gasteiger charge is 2.45. The molecule has 2 rings (SSSR count). The molecule has 0 saturated carbocycles. The summed E-state index contributed by atoms with van der Waals surface area (Å²) in [5.74, 6) is 0.562. The van der Waals surface area contributed by atoms with Crippen molar-refractivity contribution < 1.29 is 29.9 Å². The number of ether oxygens (including phenoxy) is 2. The average Bonchev–Trinajstić information content (AvgIpc) is 2.85. The monoisotopic (exact) mass is 479 g/mol. The fraction of sp³-hybridized carbons (Fsp3) is 0.750. The summed E-state index contributed by atoms with van der Waals surface area (Å²) in [7, 11) is 0. The topological polar surface area (TPSA) is 99.4 Å². The number of para-hydroxylation sites is 1. The summed E-state index contributed by atoms with van der Waals surface area (Å²) in [6.45, 7) is 2.36. The van der Waals surface area contributed by atoms with Crippen LogP contribution in [0.15, 0.2) is 24.3 Å². The molecule has 34 heavy (non-hydrogen) atoms. The fourth-order valence-electron chi connectivity index (χ4n) is 4.51. The fourth-order valence-corrected chi connectivity index (χ4v) is 4.51. The Hall–Kier alpha value is -1.18. The van der Waals surface area contributed by atoms with E-state index in [1.807, 2.05) is 6.07 Å². The standard InChI is InChI=1S/C28H47O6/c1-2-3-4-5-6-7-8-9-10-11-12-13-14-17-20-33-23-19-16-15-18-22(23)28-27(32)26(31)25(30)24(21-29)34-28/h15-16,18-19,24-27,29-32H,2-14,17,20-21H2,1H3/t24-,25+,26+,27-/m1/s1. The Kier molecular flexibility index (Phi) is 14.8. The van der Waals surface area contributed by atoms with Gasteiger partial charge in [0.25, 0.3) is 0 Å². The van der Waals surface area contributed by atoms with Crippen LogP contribution in [-0.2, 0) is 4.74 Å². The van der Waals surface area contributed by atoms with E-state index in [2.05, 4.69) is 6.92 Å². The van der Waals surface area contributed by atoms with Crippen molar-refractivity contribution in [3.05, 3.63) is 35.9 Å². The van der Waals surface area contributed by atoms with Crippen LogP contribution in [0.3, 0.4) is 0 Å². The third kappa shape index (κ3) is 9.82. The van der Waals surface area contributed by atoms with Gasteiger partial charge in [0.1, 0.15) is 30.2 Å². The van der Waals surface area contributed by atoms with Crippen LogP contribution >= 0.6 is 0 Å². The first-order valence-electron chi connectivity index (χ1n) is 13.5. The van der Waals surface area contributed by atoms with Crippen molar-refractivity contribution >= 4 is 0 Å². The molecule has 1 aromatic carbocycles. The number of aliphatic hydroxyl groups is 4. The first-order valence-corrected chi connectivity index (χ1v) is 13.5. The number of aliphatic hydroxyl groups excluding tert-OH is 4. The Labute approximate surface area is 206 Å². The molecule has 6 nitrogen and oxygen atoms in total. The third-order valence-electron chi connectivity index (χ3n) is 6.69. The Morgan fingerprint density at radius 3 is 1.82 bits per heavy atom. The first-order chi connectivity index (χ1) is 16.6. The van der Waals surface area contributed by atoms with E-state index in [0.29, 0.717) is 17.9 Å². The lowest BCUT2D eigenvalue weighted by Gasteiger charge is -2.39. The smallest absolute Gasteiger partial charge is 0.161 e. The second-order valence-electron chi connectivity index (χ2n) is 9.57. The maximum Gasteiger partial charge on any atom is 0.161 e. The van der Waals surface area contributed by atoms with Gasteiger partial charge in [0.15, 0.2) is 6.10 Å². The van der Waals surface area contributed by atoms with Crippen molar-refractivity contribution in [3.63, 3.8) is 0 Å². The Bertz CT molecular complexity index is 637. The number of benzene rings is 1. The molecule has 0 unspecified atom stereocenters. The van der Waals surface area contributed by atoms with Crippen molar-refractivity contribution in [2.75, 3.05) is 13.2 Å². The third-order valence-corrected chi connectivity index (χ3v) is 6.69. The van der Waals surface area contributed by atoms with E-state index in [1.165, 1.54) is 77.0 Å². The maximum atomic E-state index is 10.4. The van der Waals surface area contributed by atoms with E-state index >= 15 is 0 Å². The average molecular weight is 480 g/mol. The molecule has 0 aromatic heterocycles. The first kappa shape index (κ1) is 29.1. The minimum Gasteiger partial charge on any atom is -0.493 e. The summed E-state index contributed by atoms with van der Waals surface area (Å²) in [5.41, 5.74) is 0.532. The molecule has 0 aliphatic carbocycles. The molecule has 0 spiro atoms. The SMILES string of the molecule is CCCCCCCCCCCCCCCCOc1ccccc1[C]1O[C@H](CO)[C@H](O)[C@H](O)[C@H]1O. The summed E-state index contributed by atoms with van der Waals surface area (Å²) in [6.07, 6.45) is 13.2. The largest absolute Gasteiger partial charge is 0.493 e. The van der Waals surface area contributed by atoms with Gasteiger partial charge in [-0.15, -0.1) is 0 Å². The molecular weight excluding hydrogens is 432 g/mol. The summed E-state index contributed by atoms with van der Waals surface area (Å²) < 4.78 is 11.6. The second-order valence-corrected chi connectivity index (χ2v) is 9.57. The van der Waals surface area contributed by atoms with Gasteiger partial charge in [-0.2, -0.15) is 0 Å². The zero-order valence-electron chi connectivity index (χ0n) is 21.0. The Morgan fingerprint density at radius 2 is 1.26 bits per heavy atom. The molecular formula is C28H47O6. The summed E-state index contributed by atoms with van der Waals surface area (Å²) in [6, 6.07) is 7.18. The van der Waals surface area contributed by atoms with Crippen molar-refractivity contribution in [1.82, 2.24) is 0 Å². The molecule has 1 fully saturated rings. The summed E-state index contributed by atoms with van der Waals surface area (Å²) in [4.78, 5) is 0. The molecule has 1 radical (unpaired) electrons. The summed E-state index contributed by atoms with van der Waals surface area (Å²) in [5, 5.41) is 39.9. The normalized spacial score (nSPS) is 23.3. The van der Waals surface area contributed by atoms with Crippen LogP contribution in [0.25, 0.3) is 0 Å². The van der Waals surface area contributed by atoms with Gasteiger partial charge in [0.05, 0.1) is 13.2 Å². The number of rotatable bonds is 18. The molecule has 4 N–H and O–H groups in total. The Balaban J connectivity index is 1.59. The van der Waals surface area contributed by atoms with Crippen LogP contribution in [0, 0.1) is 6.10 Å². The van der Waals surface area contributed by atoms with E-state index < -0.39 is 31.0 Å². The van der Waals surface area contributed by atoms with Crippen molar-refractivity contribution in [3.8, 4) is 5.75 Å². The van der Waals surface area contributed by atoms with E-state index in [9.17, 15) is 20.4 Å². The molecule has 1 aliphatic heterocycles. The van der Waals surface area contributed by atoms with Crippen molar-refractivity contribution in [1.29, 1.82) is 0 Å². The second kappa shape index (κ2) is 17.3. The van der Waals surface area contributed by atoms with Crippen LogP contribution in [-0.4, -0.2) is 58.1 Å². The van der Waals surface area contributed by atoms with Gasteiger partial charge in [-0.1, -0.05) is 109 Å². The van der Waals surface area contributed by atoms with Crippen LogP contribution in [0.1, 0.15) is 102 Å². The van der Waals surface area contributed by atoms with Gasteiger partial charge >= 0.3 is 0 Å². The van der Waals surface area contributed by atoms with Gasteiger partial charge in [0, 0.05) is 5.56 Å². The highest BCUT2D eigenvalue weighted by molar-refractivity contribution is 5.43. The highest BCUT2D eigenvalue weighted by atomic mass is 16.5. The lowest BCUT2D eigenvalue weighted by molar-refractivity contribution is -0.184. The molecule has 4 atom stereocenters. The molecule has 1 saturated heterocycles. The minimum absolute atomic E-state index is 0.119. The Morgan fingerprint density at radius 1 is 0.735 bits per heavy atom.